The van der Waals surface area contributed by atoms with Crippen LogP contribution in [0.3, 0.4) is 0 Å². The number of nitrogens with one attached hydrogen (secondary N) is 1. The summed E-state index contributed by atoms with van der Waals surface area (Å²) in [6.45, 7) is 4.23. The number of rotatable bonds is 13. The Morgan fingerprint density at radius 1 is 1.09 bits per heavy atom. The van der Waals surface area contributed by atoms with Gasteiger partial charge in [0.25, 0.3) is 0 Å². The van der Waals surface area contributed by atoms with Crippen molar-refractivity contribution >= 4 is 39.1 Å². The molecular formula is C25H33ClFN3O4S. The fourth-order valence-electron chi connectivity index (χ4n) is 3.57. The van der Waals surface area contributed by atoms with E-state index in [-0.39, 0.29) is 43.4 Å². The summed E-state index contributed by atoms with van der Waals surface area (Å²) in [7, 11) is -3.77. The van der Waals surface area contributed by atoms with Crippen molar-refractivity contribution in [2.75, 3.05) is 23.7 Å². The Labute approximate surface area is 212 Å². The monoisotopic (exact) mass is 525 g/mol. The van der Waals surface area contributed by atoms with E-state index in [1.165, 1.54) is 23.1 Å². The van der Waals surface area contributed by atoms with Crippen molar-refractivity contribution in [3.63, 3.8) is 0 Å². The molecule has 1 unspecified atom stereocenters. The molecule has 2 rings (SSSR count). The second-order valence-electron chi connectivity index (χ2n) is 8.32. The molecule has 0 spiro atoms. The van der Waals surface area contributed by atoms with Crippen LogP contribution in [-0.4, -0.2) is 50.5 Å². The van der Waals surface area contributed by atoms with Gasteiger partial charge in [-0.3, -0.25) is 13.9 Å². The fourth-order valence-corrected chi connectivity index (χ4v) is 4.73. The molecule has 0 bridgehead atoms. The van der Waals surface area contributed by atoms with Crippen LogP contribution < -0.4 is 9.62 Å². The third-order valence-corrected chi connectivity index (χ3v) is 7.12. The molecule has 7 nitrogen and oxygen atoms in total. The normalized spacial score (nSPS) is 12.1. The van der Waals surface area contributed by atoms with Crippen LogP contribution >= 0.6 is 11.6 Å². The Balaban J connectivity index is 2.16. The highest BCUT2D eigenvalue weighted by molar-refractivity contribution is 7.92. The number of amides is 2. The Bertz CT molecular complexity index is 1110. The zero-order valence-corrected chi connectivity index (χ0v) is 21.9. The number of hydrogen-bond acceptors (Lipinski definition) is 4. The van der Waals surface area contributed by atoms with Crippen molar-refractivity contribution in [3.8, 4) is 0 Å². The van der Waals surface area contributed by atoms with Crippen molar-refractivity contribution in [1.82, 2.24) is 10.2 Å². The maximum Gasteiger partial charge on any atom is 0.242 e. The van der Waals surface area contributed by atoms with E-state index in [2.05, 4.69) is 5.32 Å². The van der Waals surface area contributed by atoms with Crippen LogP contribution in [0, 0.1) is 5.82 Å². The Hall–Kier alpha value is -2.65. The molecule has 2 amide bonds. The standard InChI is InChI=1S/C25H33ClFN3O4S/c1-4-5-16-28-25(32)19(2)29(18-20-11-6-7-12-21(20)26)24(31)15-10-17-30(35(3,33)34)23-14-9-8-13-22(23)27/h6-9,11-14,19H,4-5,10,15-18H2,1-3H3,(H,28,32). The SMILES string of the molecule is CCCCNC(=O)C(C)N(Cc1ccccc1Cl)C(=O)CCCN(c1ccccc1F)S(C)(=O)=O. The van der Waals surface area contributed by atoms with Crippen molar-refractivity contribution in [1.29, 1.82) is 0 Å². The van der Waals surface area contributed by atoms with Crippen molar-refractivity contribution in [3.05, 3.63) is 64.9 Å². The summed E-state index contributed by atoms with van der Waals surface area (Å²) in [6, 6.07) is 11.9. The number of carbonyl (C=O) groups is 2. The number of sulfonamides is 1. The van der Waals surface area contributed by atoms with E-state index in [1.54, 1.807) is 37.3 Å². The molecule has 0 aromatic heterocycles. The minimum Gasteiger partial charge on any atom is -0.354 e. The number of nitrogens with zero attached hydrogens (tertiary/aromatic N) is 2. The molecule has 0 aliphatic carbocycles. The molecule has 1 atom stereocenters. The lowest BCUT2D eigenvalue weighted by molar-refractivity contribution is -0.140. The second-order valence-corrected chi connectivity index (χ2v) is 10.6. The highest BCUT2D eigenvalue weighted by Crippen LogP contribution is 2.23. The van der Waals surface area contributed by atoms with E-state index in [4.69, 9.17) is 11.6 Å². The van der Waals surface area contributed by atoms with Gasteiger partial charge in [-0.1, -0.05) is 55.3 Å². The predicted molar refractivity (Wildman–Crippen MR) is 137 cm³/mol. The van der Waals surface area contributed by atoms with E-state index in [9.17, 15) is 22.4 Å². The van der Waals surface area contributed by atoms with Gasteiger partial charge in [-0.25, -0.2) is 12.8 Å². The summed E-state index contributed by atoms with van der Waals surface area (Å²) in [5.41, 5.74) is 0.624. The first-order chi connectivity index (χ1) is 16.6. The average molecular weight is 526 g/mol. The van der Waals surface area contributed by atoms with E-state index >= 15 is 0 Å². The average Bonchev–Trinajstić information content (AvgIpc) is 2.80. The predicted octanol–water partition coefficient (Wildman–Crippen LogP) is 4.36. The summed E-state index contributed by atoms with van der Waals surface area (Å²) in [5.74, 6) is -1.27. The summed E-state index contributed by atoms with van der Waals surface area (Å²) in [5, 5.41) is 3.32. The molecule has 0 radical (unpaired) electrons. The molecule has 10 heteroatoms. The molecule has 192 valence electrons. The van der Waals surface area contributed by atoms with E-state index in [1.807, 2.05) is 6.92 Å². The van der Waals surface area contributed by atoms with Crippen LogP contribution in [0.5, 0.6) is 0 Å². The molecule has 0 saturated carbocycles. The van der Waals surface area contributed by atoms with Crippen LogP contribution in [0.1, 0.15) is 45.1 Å². The molecule has 0 saturated heterocycles. The summed E-state index contributed by atoms with van der Waals surface area (Å²) in [6.07, 6.45) is 2.86. The lowest BCUT2D eigenvalue weighted by Crippen LogP contribution is -2.48. The molecule has 2 aromatic rings. The molecular weight excluding hydrogens is 493 g/mol. The van der Waals surface area contributed by atoms with Crippen LogP contribution in [0.4, 0.5) is 10.1 Å². The summed E-state index contributed by atoms with van der Waals surface area (Å²) < 4.78 is 39.8. The third-order valence-electron chi connectivity index (χ3n) is 5.57. The zero-order valence-electron chi connectivity index (χ0n) is 20.3. The van der Waals surface area contributed by atoms with Crippen molar-refractivity contribution in [2.45, 2.75) is 52.1 Å². The van der Waals surface area contributed by atoms with Gasteiger partial charge in [0.1, 0.15) is 11.9 Å². The highest BCUT2D eigenvalue weighted by Gasteiger charge is 2.27. The van der Waals surface area contributed by atoms with Crippen LogP contribution in [0.25, 0.3) is 0 Å². The summed E-state index contributed by atoms with van der Waals surface area (Å²) >= 11 is 6.29. The first-order valence-electron chi connectivity index (χ1n) is 11.6. The maximum atomic E-state index is 14.2. The number of anilines is 1. The van der Waals surface area contributed by atoms with Gasteiger partial charge in [-0.05, 0) is 43.5 Å². The topological polar surface area (TPSA) is 86.8 Å². The number of unbranched alkanes of at least 4 members (excludes halogenated alkanes) is 1. The van der Waals surface area contributed by atoms with Gasteiger partial charge >= 0.3 is 0 Å². The number of carbonyl (C=O) groups excluding carboxylic acids is 2. The van der Waals surface area contributed by atoms with Crippen LogP contribution in [-0.2, 0) is 26.2 Å². The van der Waals surface area contributed by atoms with E-state index in [0.29, 0.717) is 17.1 Å². The Kier molecular flexibility index (Phi) is 11.0. The van der Waals surface area contributed by atoms with E-state index < -0.39 is 21.9 Å². The van der Waals surface area contributed by atoms with Gasteiger partial charge in [0.2, 0.25) is 21.8 Å². The molecule has 35 heavy (non-hydrogen) atoms. The number of benzene rings is 2. The van der Waals surface area contributed by atoms with E-state index in [0.717, 1.165) is 23.4 Å². The third kappa shape index (κ3) is 8.50. The lowest BCUT2D eigenvalue weighted by atomic mass is 10.1. The highest BCUT2D eigenvalue weighted by atomic mass is 35.5. The minimum absolute atomic E-state index is 0.0303. The molecule has 0 aliphatic rings. The molecule has 0 fully saturated rings. The quantitative estimate of drug-likeness (QED) is 0.394. The number of hydrogen-bond donors (Lipinski definition) is 1. The fraction of sp³-hybridized carbons (Fsp3) is 0.440. The van der Waals surface area contributed by atoms with Crippen LogP contribution in [0.15, 0.2) is 48.5 Å². The van der Waals surface area contributed by atoms with Crippen LogP contribution in [0.2, 0.25) is 5.02 Å². The van der Waals surface area contributed by atoms with Gasteiger partial charge in [0, 0.05) is 31.1 Å². The maximum absolute atomic E-state index is 14.2. The van der Waals surface area contributed by atoms with Crippen molar-refractivity contribution < 1.29 is 22.4 Å². The number of para-hydroxylation sites is 1. The second kappa shape index (κ2) is 13.4. The largest absolute Gasteiger partial charge is 0.354 e. The van der Waals surface area contributed by atoms with Gasteiger partial charge < -0.3 is 10.2 Å². The van der Waals surface area contributed by atoms with Gasteiger partial charge in [0.15, 0.2) is 0 Å². The first-order valence-corrected chi connectivity index (χ1v) is 13.8. The Morgan fingerprint density at radius 2 is 1.74 bits per heavy atom. The van der Waals surface area contributed by atoms with Gasteiger partial charge in [-0.15, -0.1) is 0 Å². The smallest absolute Gasteiger partial charge is 0.242 e. The Morgan fingerprint density at radius 3 is 2.37 bits per heavy atom. The number of halogens is 2. The first kappa shape index (κ1) is 28.6. The minimum atomic E-state index is -3.77. The zero-order chi connectivity index (χ0) is 26.0. The van der Waals surface area contributed by atoms with Crippen molar-refractivity contribution in [2.24, 2.45) is 0 Å². The molecule has 1 N–H and O–H groups in total. The molecule has 0 aliphatic heterocycles. The van der Waals surface area contributed by atoms with Gasteiger partial charge in [-0.2, -0.15) is 0 Å². The molecule has 2 aromatic carbocycles. The molecule has 0 heterocycles. The summed E-state index contributed by atoms with van der Waals surface area (Å²) in [4.78, 5) is 27.4. The lowest BCUT2D eigenvalue weighted by Gasteiger charge is -2.29. The van der Waals surface area contributed by atoms with Gasteiger partial charge in [0.05, 0.1) is 11.9 Å².